The molecule has 1 aromatic heterocycles. The zero-order chi connectivity index (χ0) is 13.7. The predicted octanol–water partition coefficient (Wildman–Crippen LogP) is 2.60. The Bertz CT molecular complexity index is 587. The average molecular weight is 259 g/mol. The molecular weight excluding hydrogens is 245 g/mol. The lowest BCUT2D eigenvalue weighted by Crippen LogP contribution is -2.09. The van der Waals surface area contributed by atoms with Gasteiger partial charge < -0.3 is 5.32 Å². The van der Waals surface area contributed by atoms with Crippen LogP contribution in [0.25, 0.3) is 6.08 Å². The molecule has 98 valence electrons. The van der Waals surface area contributed by atoms with Gasteiger partial charge >= 0.3 is 0 Å². The fourth-order valence-electron chi connectivity index (χ4n) is 1.57. The van der Waals surface area contributed by atoms with E-state index in [4.69, 9.17) is 0 Å². The van der Waals surface area contributed by atoms with Crippen molar-refractivity contribution in [1.29, 1.82) is 0 Å². The summed E-state index contributed by atoms with van der Waals surface area (Å²) in [6.45, 7) is 0. The van der Waals surface area contributed by atoms with E-state index in [-0.39, 0.29) is 18.1 Å². The first-order chi connectivity index (χ1) is 9.13. The van der Waals surface area contributed by atoms with Gasteiger partial charge in [0.1, 0.15) is 5.82 Å². The fraction of sp³-hybridized carbons (Fsp3) is 0.143. The van der Waals surface area contributed by atoms with Gasteiger partial charge in [0.2, 0.25) is 5.91 Å². The number of anilines is 1. The third-order valence-electron chi connectivity index (χ3n) is 2.47. The van der Waals surface area contributed by atoms with Crippen LogP contribution in [0.15, 0.2) is 42.7 Å². The number of carbonyl (C=O) groups is 1. The fourth-order valence-corrected chi connectivity index (χ4v) is 1.57. The number of halogens is 1. The highest BCUT2D eigenvalue weighted by Crippen LogP contribution is 2.07. The molecule has 1 aromatic carbocycles. The molecule has 0 saturated carbocycles. The third kappa shape index (κ3) is 4.06. The number of benzene rings is 1. The quantitative estimate of drug-likeness (QED) is 0.917. The summed E-state index contributed by atoms with van der Waals surface area (Å²) in [6, 6.07) is 6.08. The van der Waals surface area contributed by atoms with E-state index in [9.17, 15) is 9.18 Å². The summed E-state index contributed by atoms with van der Waals surface area (Å²) in [7, 11) is 1.78. The lowest BCUT2D eigenvalue weighted by molar-refractivity contribution is -0.115. The van der Waals surface area contributed by atoms with Gasteiger partial charge in [0.15, 0.2) is 0 Å². The Hall–Kier alpha value is -2.43. The van der Waals surface area contributed by atoms with Crippen molar-refractivity contribution in [1.82, 2.24) is 9.78 Å². The molecule has 0 aliphatic carbocycles. The molecule has 0 saturated heterocycles. The minimum Gasteiger partial charge on any atom is -0.323 e. The van der Waals surface area contributed by atoms with Gasteiger partial charge in [-0.05, 0) is 17.7 Å². The van der Waals surface area contributed by atoms with Crippen LogP contribution in [0.2, 0.25) is 0 Å². The molecule has 4 nitrogen and oxygen atoms in total. The number of aryl methyl sites for hydroxylation is 1. The molecule has 2 aromatic rings. The molecule has 1 N–H and O–H groups in total. The van der Waals surface area contributed by atoms with Crippen LogP contribution < -0.4 is 5.32 Å². The molecule has 0 bridgehead atoms. The van der Waals surface area contributed by atoms with Crippen molar-refractivity contribution in [2.24, 2.45) is 7.05 Å². The molecule has 0 aliphatic rings. The molecule has 5 heteroatoms. The molecule has 0 spiro atoms. The minimum absolute atomic E-state index is 0.119. The van der Waals surface area contributed by atoms with Crippen molar-refractivity contribution in [2.75, 3.05) is 5.32 Å². The molecule has 0 atom stereocenters. The third-order valence-corrected chi connectivity index (χ3v) is 2.47. The number of hydrogen-bond donors (Lipinski definition) is 1. The second-order valence-electron chi connectivity index (χ2n) is 4.11. The first kappa shape index (κ1) is 13.0. The molecule has 0 aliphatic heterocycles. The molecule has 1 heterocycles. The van der Waals surface area contributed by atoms with Gasteiger partial charge in [0.25, 0.3) is 0 Å². The van der Waals surface area contributed by atoms with Crippen LogP contribution in [0.4, 0.5) is 10.1 Å². The second kappa shape index (κ2) is 5.95. The average Bonchev–Trinajstić information content (AvgIpc) is 2.77. The van der Waals surface area contributed by atoms with E-state index < -0.39 is 0 Å². The number of carbonyl (C=O) groups excluding carboxylic acids is 1. The maximum absolute atomic E-state index is 12.7. The Morgan fingerprint density at radius 1 is 1.42 bits per heavy atom. The largest absolute Gasteiger partial charge is 0.323 e. The summed E-state index contributed by atoms with van der Waals surface area (Å²) < 4.78 is 14.3. The van der Waals surface area contributed by atoms with Crippen molar-refractivity contribution in [2.45, 2.75) is 6.42 Å². The highest BCUT2D eigenvalue weighted by Gasteiger charge is 2.01. The number of nitrogens with one attached hydrogen (secondary N) is 1. The Morgan fingerprint density at radius 2 is 2.16 bits per heavy atom. The molecule has 0 radical (unpaired) electrons. The normalized spacial score (nSPS) is 10.8. The van der Waals surface area contributed by atoms with E-state index in [0.29, 0.717) is 5.69 Å². The van der Waals surface area contributed by atoms with Crippen molar-refractivity contribution in [3.63, 3.8) is 0 Å². The van der Waals surface area contributed by atoms with Crippen LogP contribution in [0, 0.1) is 5.82 Å². The number of amides is 1. The topological polar surface area (TPSA) is 46.9 Å². The monoisotopic (exact) mass is 259 g/mol. The van der Waals surface area contributed by atoms with Crippen molar-refractivity contribution >= 4 is 17.7 Å². The molecular formula is C14H14FN3O. The van der Waals surface area contributed by atoms with E-state index in [2.05, 4.69) is 10.4 Å². The Labute approximate surface area is 110 Å². The summed E-state index contributed by atoms with van der Waals surface area (Å²) in [5, 5.41) is 6.68. The minimum atomic E-state index is -0.272. The maximum atomic E-state index is 12.7. The lowest BCUT2D eigenvalue weighted by Gasteiger charge is -1.98. The Morgan fingerprint density at radius 3 is 2.79 bits per heavy atom. The summed E-state index contributed by atoms with van der Waals surface area (Å²) in [4.78, 5) is 11.6. The van der Waals surface area contributed by atoms with Crippen LogP contribution in [-0.2, 0) is 11.8 Å². The van der Waals surface area contributed by atoms with E-state index in [0.717, 1.165) is 5.56 Å². The van der Waals surface area contributed by atoms with Crippen molar-refractivity contribution in [3.05, 3.63) is 54.1 Å². The second-order valence-corrected chi connectivity index (χ2v) is 4.11. The van der Waals surface area contributed by atoms with E-state index in [1.54, 1.807) is 48.4 Å². The van der Waals surface area contributed by atoms with Crippen LogP contribution in [0.5, 0.6) is 0 Å². The zero-order valence-corrected chi connectivity index (χ0v) is 10.5. The SMILES string of the molecule is Cn1cc(NC(=O)CC=Cc2ccc(F)cc2)cn1. The van der Waals surface area contributed by atoms with Gasteiger partial charge in [-0.25, -0.2) is 4.39 Å². The summed E-state index contributed by atoms with van der Waals surface area (Å²) >= 11 is 0. The molecule has 0 fully saturated rings. The van der Waals surface area contributed by atoms with Crippen LogP contribution in [-0.4, -0.2) is 15.7 Å². The Kier molecular flexibility index (Phi) is 4.07. The van der Waals surface area contributed by atoms with Gasteiger partial charge in [-0.15, -0.1) is 0 Å². The standard InChI is InChI=1S/C14H14FN3O/c1-18-10-13(9-16-18)17-14(19)4-2-3-11-5-7-12(15)8-6-11/h2-3,5-10H,4H2,1H3,(H,17,19). The first-order valence-corrected chi connectivity index (χ1v) is 5.84. The zero-order valence-electron chi connectivity index (χ0n) is 10.5. The number of rotatable bonds is 4. The highest BCUT2D eigenvalue weighted by molar-refractivity contribution is 5.91. The summed E-state index contributed by atoms with van der Waals surface area (Å²) in [6.07, 6.45) is 7.08. The van der Waals surface area contributed by atoms with Gasteiger partial charge in [0.05, 0.1) is 11.9 Å². The molecule has 0 unspecified atom stereocenters. The van der Waals surface area contributed by atoms with Crippen LogP contribution in [0.3, 0.4) is 0 Å². The number of hydrogen-bond acceptors (Lipinski definition) is 2. The molecule has 1 amide bonds. The first-order valence-electron chi connectivity index (χ1n) is 5.84. The van der Waals surface area contributed by atoms with Gasteiger partial charge in [-0.2, -0.15) is 5.10 Å². The van der Waals surface area contributed by atoms with E-state index >= 15 is 0 Å². The van der Waals surface area contributed by atoms with Crippen LogP contribution in [0.1, 0.15) is 12.0 Å². The summed E-state index contributed by atoms with van der Waals surface area (Å²) in [5.41, 5.74) is 1.53. The van der Waals surface area contributed by atoms with Gasteiger partial charge in [-0.1, -0.05) is 24.3 Å². The number of nitrogens with zero attached hydrogens (tertiary/aromatic N) is 2. The van der Waals surface area contributed by atoms with E-state index in [1.165, 1.54) is 12.1 Å². The molecule has 19 heavy (non-hydrogen) atoms. The maximum Gasteiger partial charge on any atom is 0.228 e. The predicted molar refractivity (Wildman–Crippen MR) is 71.9 cm³/mol. The number of aromatic nitrogens is 2. The highest BCUT2D eigenvalue weighted by atomic mass is 19.1. The van der Waals surface area contributed by atoms with Crippen molar-refractivity contribution in [3.8, 4) is 0 Å². The summed E-state index contributed by atoms with van der Waals surface area (Å²) in [5.74, 6) is -0.391. The Balaban J connectivity index is 1.84. The lowest BCUT2D eigenvalue weighted by atomic mass is 10.2. The van der Waals surface area contributed by atoms with Gasteiger partial charge in [-0.3, -0.25) is 9.48 Å². The van der Waals surface area contributed by atoms with Crippen LogP contribution >= 0.6 is 0 Å². The van der Waals surface area contributed by atoms with Gasteiger partial charge in [0, 0.05) is 19.7 Å². The smallest absolute Gasteiger partial charge is 0.228 e. The van der Waals surface area contributed by atoms with Crippen molar-refractivity contribution < 1.29 is 9.18 Å². The van der Waals surface area contributed by atoms with E-state index in [1.807, 2.05) is 0 Å². The molecule has 2 rings (SSSR count).